The Morgan fingerprint density at radius 3 is 2.54 bits per heavy atom. The lowest BCUT2D eigenvalue weighted by atomic mass is 9.92. The van der Waals surface area contributed by atoms with Crippen LogP contribution in [0.1, 0.15) is 62.3 Å². The van der Waals surface area contributed by atoms with Crippen molar-refractivity contribution in [3.63, 3.8) is 0 Å². The van der Waals surface area contributed by atoms with Crippen LogP contribution in [0.3, 0.4) is 0 Å². The van der Waals surface area contributed by atoms with E-state index in [4.69, 9.17) is 5.11 Å². The first-order chi connectivity index (χ1) is 18.0. The van der Waals surface area contributed by atoms with Crippen LogP contribution in [0, 0.1) is 17.2 Å². The highest BCUT2D eigenvalue weighted by atomic mass is 32.1. The first kappa shape index (κ1) is 27.1. The van der Waals surface area contributed by atoms with Crippen LogP contribution < -0.4 is 5.32 Å². The van der Waals surface area contributed by atoms with Crippen molar-refractivity contribution in [2.45, 2.75) is 64.4 Å². The SMILES string of the molecule is C/C(=C(/C#N)C(=O)NCC(O)CO)c1ccc(-c2ccc3cc(CCC4CCCCCC4)ccc3c2)s1. The fourth-order valence-electron chi connectivity index (χ4n) is 5.11. The highest BCUT2D eigenvalue weighted by Crippen LogP contribution is 2.35. The zero-order valence-corrected chi connectivity index (χ0v) is 22.3. The van der Waals surface area contributed by atoms with Gasteiger partial charge >= 0.3 is 0 Å². The molecular formula is C31H36N2O3S. The molecule has 194 valence electrons. The van der Waals surface area contributed by atoms with Gasteiger partial charge in [-0.2, -0.15) is 5.26 Å². The van der Waals surface area contributed by atoms with Gasteiger partial charge in [0, 0.05) is 16.3 Å². The number of nitrogens with one attached hydrogen (secondary N) is 1. The van der Waals surface area contributed by atoms with Gasteiger partial charge in [-0.05, 0) is 71.4 Å². The third-order valence-electron chi connectivity index (χ3n) is 7.40. The van der Waals surface area contributed by atoms with Gasteiger partial charge in [-0.1, -0.05) is 68.9 Å². The number of allylic oxidation sites excluding steroid dienone is 1. The maximum atomic E-state index is 12.4. The van der Waals surface area contributed by atoms with Crippen LogP contribution in [0.2, 0.25) is 0 Å². The molecule has 1 aliphatic rings. The van der Waals surface area contributed by atoms with Gasteiger partial charge in [-0.15, -0.1) is 11.3 Å². The van der Waals surface area contributed by atoms with E-state index in [1.165, 1.54) is 61.3 Å². The molecule has 0 aliphatic heterocycles. The van der Waals surface area contributed by atoms with Crippen LogP contribution in [0.15, 0.2) is 54.1 Å². The van der Waals surface area contributed by atoms with E-state index in [0.717, 1.165) is 27.7 Å². The minimum Gasteiger partial charge on any atom is -0.394 e. The second kappa shape index (κ2) is 13.0. The van der Waals surface area contributed by atoms with E-state index in [1.807, 2.05) is 18.2 Å². The first-order valence-corrected chi connectivity index (χ1v) is 14.1. The summed E-state index contributed by atoms with van der Waals surface area (Å²) < 4.78 is 0. The van der Waals surface area contributed by atoms with Gasteiger partial charge in [0.05, 0.1) is 12.7 Å². The summed E-state index contributed by atoms with van der Waals surface area (Å²) in [5, 5.41) is 32.9. The second-order valence-corrected chi connectivity index (χ2v) is 11.2. The van der Waals surface area contributed by atoms with E-state index in [-0.39, 0.29) is 12.1 Å². The lowest BCUT2D eigenvalue weighted by Gasteiger charge is -2.14. The molecule has 1 unspecified atom stereocenters. The minimum absolute atomic E-state index is 0.00781. The van der Waals surface area contributed by atoms with Gasteiger partial charge in [0.15, 0.2) is 0 Å². The van der Waals surface area contributed by atoms with Crippen LogP contribution in [0.4, 0.5) is 0 Å². The molecule has 1 saturated carbocycles. The average molecular weight is 517 g/mol. The number of benzene rings is 2. The Bertz CT molecular complexity index is 1300. The summed E-state index contributed by atoms with van der Waals surface area (Å²) >= 11 is 1.54. The molecule has 1 atom stereocenters. The summed E-state index contributed by atoms with van der Waals surface area (Å²) in [4.78, 5) is 14.3. The lowest BCUT2D eigenvalue weighted by molar-refractivity contribution is -0.117. The number of thiophene rings is 1. The van der Waals surface area contributed by atoms with E-state index in [2.05, 4.69) is 41.7 Å². The Hall–Kier alpha value is -2.98. The van der Waals surface area contributed by atoms with Gasteiger partial charge in [0.1, 0.15) is 11.6 Å². The van der Waals surface area contributed by atoms with Crippen molar-refractivity contribution in [3.05, 3.63) is 64.5 Å². The molecule has 1 aromatic heterocycles. The number of fused-ring (bicyclic) bond motifs is 1. The molecule has 1 fully saturated rings. The molecule has 3 N–H and O–H groups in total. The Labute approximate surface area is 223 Å². The molecule has 4 rings (SSSR count). The van der Waals surface area contributed by atoms with Crippen LogP contribution in [0.25, 0.3) is 26.8 Å². The number of carbonyl (C=O) groups is 1. The minimum atomic E-state index is -1.05. The summed E-state index contributed by atoms with van der Waals surface area (Å²) in [5.41, 5.74) is 3.12. The Morgan fingerprint density at radius 2 is 1.81 bits per heavy atom. The standard InChI is InChI=1S/C31H36N2O3S/c1-21(28(18-32)31(36)33-19-27(35)20-34)29-14-15-30(37-29)26-13-12-24-16-23(10-11-25(24)17-26)9-8-22-6-4-2-3-5-7-22/h10-17,22,27,34-35H,2-9,19-20H2,1H3,(H,33,36)/b28-21+. The summed E-state index contributed by atoms with van der Waals surface area (Å²) in [5.74, 6) is 0.328. The highest BCUT2D eigenvalue weighted by Gasteiger charge is 2.17. The molecule has 0 bridgehead atoms. The number of rotatable bonds is 9. The highest BCUT2D eigenvalue weighted by molar-refractivity contribution is 7.16. The first-order valence-electron chi connectivity index (χ1n) is 13.3. The van der Waals surface area contributed by atoms with Crippen LogP contribution in [-0.2, 0) is 11.2 Å². The zero-order chi connectivity index (χ0) is 26.2. The monoisotopic (exact) mass is 516 g/mol. The normalized spacial score (nSPS) is 16.1. The average Bonchev–Trinajstić information content (AvgIpc) is 3.27. The summed E-state index contributed by atoms with van der Waals surface area (Å²) in [6.45, 7) is 1.20. The van der Waals surface area contributed by atoms with Gasteiger partial charge in [-0.25, -0.2) is 0 Å². The number of amides is 1. The van der Waals surface area contributed by atoms with Crippen molar-refractivity contribution < 1.29 is 15.0 Å². The third kappa shape index (κ3) is 7.07. The number of carbonyl (C=O) groups excluding carboxylic acids is 1. The van der Waals surface area contributed by atoms with Gasteiger partial charge < -0.3 is 15.5 Å². The van der Waals surface area contributed by atoms with Gasteiger partial charge in [-0.3, -0.25) is 4.79 Å². The smallest absolute Gasteiger partial charge is 0.262 e. The quantitative estimate of drug-likeness (QED) is 0.178. The predicted molar refractivity (Wildman–Crippen MR) is 151 cm³/mol. The Kier molecular flexibility index (Phi) is 9.51. The number of aryl methyl sites for hydroxylation is 1. The fourth-order valence-corrected chi connectivity index (χ4v) is 6.12. The number of aliphatic hydroxyl groups excluding tert-OH is 2. The third-order valence-corrected chi connectivity index (χ3v) is 8.66. The van der Waals surface area contributed by atoms with Crippen LogP contribution in [-0.4, -0.2) is 35.4 Å². The molecule has 37 heavy (non-hydrogen) atoms. The number of hydrogen-bond donors (Lipinski definition) is 3. The number of nitrogens with zero attached hydrogens (tertiary/aromatic N) is 1. The Balaban J connectivity index is 1.46. The molecule has 1 aliphatic carbocycles. The van der Waals surface area contributed by atoms with E-state index in [1.54, 1.807) is 18.3 Å². The molecule has 6 heteroatoms. The molecule has 0 radical (unpaired) electrons. The van der Waals surface area contributed by atoms with Crippen molar-refractivity contribution in [1.29, 1.82) is 5.26 Å². The molecule has 0 saturated heterocycles. The van der Waals surface area contributed by atoms with Gasteiger partial charge in [0.2, 0.25) is 0 Å². The summed E-state index contributed by atoms with van der Waals surface area (Å²) in [6.07, 6.45) is 9.76. The molecule has 1 heterocycles. The van der Waals surface area contributed by atoms with E-state index >= 15 is 0 Å². The van der Waals surface area contributed by atoms with Crippen molar-refractivity contribution in [3.8, 4) is 16.5 Å². The summed E-state index contributed by atoms with van der Waals surface area (Å²) in [7, 11) is 0. The second-order valence-electron chi connectivity index (χ2n) is 10.1. The van der Waals surface area contributed by atoms with E-state index in [9.17, 15) is 15.2 Å². The molecule has 5 nitrogen and oxygen atoms in total. The van der Waals surface area contributed by atoms with Crippen molar-refractivity contribution >= 4 is 33.6 Å². The number of nitriles is 1. The fraction of sp³-hybridized carbons (Fsp3) is 0.419. The van der Waals surface area contributed by atoms with Crippen molar-refractivity contribution in [2.75, 3.05) is 13.2 Å². The predicted octanol–water partition coefficient (Wildman–Crippen LogP) is 6.24. The topological polar surface area (TPSA) is 93.4 Å². The largest absolute Gasteiger partial charge is 0.394 e. The number of aliphatic hydroxyl groups is 2. The summed E-state index contributed by atoms with van der Waals surface area (Å²) in [6, 6.07) is 19.3. The van der Waals surface area contributed by atoms with Crippen molar-refractivity contribution in [1.82, 2.24) is 5.32 Å². The zero-order valence-electron chi connectivity index (χ0n) is 21.5. The molecule has 0 spiro atoms. The Morgan fingerprint density at radius 1 is 1.08 bits per heavy atom. The van der Waals surface area contributed by atoms with Crippen LogP contribution >= 0.6 is 11.3 Å². The van der Waals surface area contributed by atoms with E-state index in [0.29, 0.717) is 5.57 Å². The maximum Gasteiger partial charge on any atom is 0.262 e. The number of hydrogen-bond acceptors (Lipinski definition) is 5. The van der Waals surface area contributed by atoms with Crippen LogP contribution in [0.5, 0.6) is 0 Å². The molecule has 3 aromatic rings. The van der Waals surface area contributed by atoms with E-state index < -0.39 is 18.6 Å². The van der Waals surface area contributed by atoms with Gasteiger partial charge in [0.25, 0.3) is 5.91 Å². The maximum absolute atomic E-state index is 12.4. The van der Waals surface area contributed by atoms with Crippen molar-refractivity contribution in [2.24, 2.45) is 5.92 Å². The molecule has 2 aromatic carbocycles. The molecular weight excluding hydrogens is 480 g/mol. The lowest BCUT2D eigenvalue weighted by Crippen LogP contribution is -2.34. The molecule has 1 amide bonds.